The van der Waals surface area contributed by atoms with Crippen molar-refractivity contribution >= 4 is 17.3 Å². The van der Waals surface area contributed by atoms with Crippen molar-refractivity contribution in [1.82, 2.24) is 0 Å². The highest BCUT2D eigenvalue weighted by molar-refractivity contribution is 6.33. The zero-order valence-electron chi connectivity index (χ0n) is 10.6. The highest BCUT2D eigenvalue weighted by Gasteiger charge is 2.35. The number of benzene rings is 1. The van der Waals surface area contributed by atoms with Gasteiger partial charge in [0, 0.05) is 6.54 Å². The van der Waals surface area contributed by atoms with Gasteiger partial charge < -0.3 is 11.1 Å². The third kappa shape index (κ3) is 2.58. The first-order chi connectivity index (χ1) is 8.06. The monoisotopic (exact) mass is 252 g/mol. The summed E-state index contributed by atoms with van der Waals surface area (Å²) >= 11 is 6.27. The number of rotatable bonds is 4. The first-order valence-electron chi connectivity index (χ1n) is 6.27. The van der Waals surface area contributed by atoms with Gasteiger partial charge in [0.25, 0.3) is 0 Å². The highest BCUT2D eigenvalue weighted by atomic mass is 35.5. The Morgan fingerprint density at radius 2 is 2.06 bits per heavy atom. The Bertz CT molecular complexity index is 382. The normalized spacial score (nSPS) is 17.6. The van der Waals surface area contributed by atoms with Crippen molar-refractivity contribution in [2.45, 2.75) is 33.1 Å². The molecule has 1 saturated carbocycles. The van der Waals surface area contributed by atoms with Gasteiger partial charge in [0.05, 0.1) is 10.7 Å². The number of aryl methyl sites for hydroxylation is 2. The van der Waals surface area contributed by atoms with Crippen LogP contribution in [0.15, 0.2) is 12.1 Å². The van der Waals surface area contributed by atoms with Gasteiger partial charge in [0.2, 0.25) is 0 Å². The number of nitrogens with two attached hydrogens (primary N) is 1. The molecule has 3 N–H and O–H groups in total. The van der Waals surface area contributed by atoms with Gasteiger partial charge in [-0.15, -0.1) is 0 Å². The smallest absolute Gasteiger partial charge is 0.0642 e. The van der Waals surface area contributed by atoms with Gasteiger partial charge in [-0.25, -0.2) is 0 Å². The third-order valence-electron chi connectivity index (χ3n) is 3.92. The lowest BCUT2D eigenvalue weighted by atomic mass is 9.69. The predicted octanol–water partition coefficient (Wildman–Crippen LogP) is 3.50. The fraction of sp³-hybridized carbons (Fsp3) is 0.571. The standard InChI is InChI=1S/C14H21ClN2/c1-10-6-11(2)13(12(15)7-10)17-9-14(8-16)4-3-5-14/h6-7,17H,3-5,8-9,16H2,1-2H3. The third-order valence-corrected chi connectivity index (χ3v) is 4.22. The zero-order chi connectivity index (χ0) is 12.5. The second-order valence-electron chi connectivity index (χ2n) is 5.35. The lowest BCUT2D eigenvalue weighted by Gasteiger charge is -2.41. The molecular weight excluding hydrogens is 232 g/mol. The van der Waals surface area contributed by atoms with Gasteiger partial charge in [-0.05, 0) is 55.8 Å². The Morgan fingerprint density at radius 1 is 1.35 bits per heavy atom. The van der Waals surface area contributed by atoms with Gasteiger partial charge in [-0.2, -0.15) is 0 Å². The minimum Gasteiger partial charge on any atom is -0.383 e. The molecule has 0 radical (unpaired) electrons. The van der Waals surface area contributed by atoms with Crippen molar-refractivity contribution < 1.29 is 0 Å². The van der Waals surface area contributed by atoms with Crippen molar-refractivity contribution in [3.05, 3.63) is 28.3 Å². The number of nitrogens with one attached hydrogen (secondary N) is 1. The number of hydrogen-bond acceptors (Lipinski definition) is 2. The molecule has 1 aliphatic carbocycles. The molecule has 1 aliphatic rings. The van der Waals surface area contributed by atoms with Crippen molar-refractivity contribution in [2.75, 3.05) is 18.4 Å². The van der Waals surface area contributed by atoms with Crippen molar-refractivity contribution in [3.8, 4) is 0 Å². The lowest BCUT2D eigenvalue weighted by molar-refractivity contribution is 0.163. The van der Waals surface area contributed by atoms with Crippen molar-refractivity contribution in [3.63, 3.8) is 0 Å². The lowest BCUT2D eigenvalue weighted by Crippen LogP contribution is -2.43. The fourth-order valence-electron chi connectivity index (χ4n) is 2.55. The van der Waals surface area contributed by atoms with E-state index in [1.54, 1.807) is 0 Å². The summed E-state index contributed by atoms with van der Waals surface area (Å²) in [6.45, 7) is 5.86. The van der Waals surface area contributed by atoms with E-state index in [1.165, 1.54) is 30.4 Å². The molecular formula is C14H21ClN2. The highest BCUT2D eigenvalue weighted by Crippen LogP contribution is 2.40. The summed E-state index contributed by atoms with van der Waals surface area (Å²) in [5, 5.41) is 4.30. The largest absolute Gasteiger partial charge is 0.383 e. The average Bonchev–Trinajstić information content (AvgIpc) is 2.19. The van der Waals surface area contributed by atoms with Crippen molar-refractivity contribution in [1.29, 1.82) is 0 Å². The van der Waals surface area contributed by atoms with Gasteiger partial charge in [-0.3, -0.25) is 0 Å². The van der Waals surface area contributed by atoms with Crippen molar-refractivity contribution in [2.24, 2.45) is 11.1 Å². The van der Waals surface area contributed by atoms with Crippen LogP contribution < -0.4 is 11.1 Å². The van der Waals surface area contributed by atoms with Crippen LogP contribution in [0.25, 0.3) is 0 Å². The van der Waals surface area contributed by atoms with Crippen LogP contribution in [0.4, 0.5) is 5.69 Å². The first kappa shape index (κ1) is 12.7. The minimum absolute atomic E-state index is 0.306. The van der Waals surface area contributed by atoms with Crippen LogP contribution in [0.1, 0.15) is 30.4 Å². The number of anilines is 1. The molecule has 0 bridgehead atoms. The summed E-state index contributed by atoms with van der Waals surface area (Å²) in [4.78, 5) is 0. The molecule has 17 heavy (non-hydrogen) atoms. The SMILES string of the molecule is Cc1cc(C)c(NCC2(CN)CCC2)c(Cl)c1. The van der Waals surface area contributed by atoms with Crippen LogP contribution >= 0.6 is 11.6 Å². The molecule has 94 valence electrons. The molecule has 0 heterocycles. The predicted molar refractivity (Wildman–Crippen MR) is 74.8 cm³/mol. The molecule has 0 saturated heterocycles. The fourth-order valence-corrected chi connectivity index (χ4v) is 2.93. The van der Waals surface area contributed by atoms with Gasteiger partial charge >= 0.3 is 0 Å². The summed E-state index contributed by atoms with van der Waals surface area (Å²) in [5.41, 5.74) is 9.65. The molecule has 2 rings (SSSR count). The van der Waals surface area contributed by atoms with E-state index in [2.05, 4.69) is 25.2 Å². The molecule has 1 aromatic rings. The quantitative estimate of drug-likeness (QED) is 0.861. The van der Waals surface area contributed by atoms with Crippen LogP contribution in [0, 0.1) is 19.3 Å². The molecule has 0 spiro atoms. The Morgan fingerprint density at radius 3 is 2.53 bits per heavy atom. The van der Waals surface area contributed by atoms with Gasteiger partial charge in [-0.1, -0.05) is 24.1 Å². The van der Waals surface area contributed by atoms with E-state index >= 15 is 0 Å². The zero-order valence-corrected chi connectivity index (χ0v) is 11.4. The van der Waals surface area contributed by atoms with E-state index in [0.29, 0.717) is 5.41 Å². The molecule has 2 nitrogen and oxygen atoms in total. The van der Waals surface area contributed by atoms with E-state index in [-0.39, 0.29) is 0 Å². The van der Waals surface area contributed by atoms with E-state index in [4.69, 9.17) is 17.3 Å². The van der Waals surface area contributed by atoms with Gasteiger partial charge in [0.1, 0.15) is 0 Å². The van der Waals surface area contributed by atoms with E-state index in [9.17, 15) is 0 Å². The maximum atomic E-state index is 6.27. The van der Waals surface area contributed by atoms with Crippen LogP contribution in [0.5, 0.6) is 0 Å². The molecule has 0 aliphatic heterocycles. The Hall–Kier alpha value is -0.730. The van der Waals surface area contributed by atoms with Crippen LogP contribution in [-0.4, -0.2) is 13.1 Å². The number of hydrogen-bond donors (Lipinski definition) is 2. The molecule has 0 aromatic heterocycles. The second kappa shape index (κ2) is 4.87. The summed E-state index contributed by atoms with van der Waals surface area (Å²) < 4.78 is 0. The second-order valence-corrected chi connectivity index (χ2v) is 5.76. The topological polar surface area (TPSA) is 38.0 Å². The Labute approximate surface area is 109 Å². The first-order valence-corrected chi connectivity index (χ1v) is 6.65. The van der Waals surface area contributed by atoms with Gasteiger partial charge in [0.15, 0.2) is 0 Å². The average molecular weight is 253 g/mol. The van der Waals surface area contributed by atoms with Crippen LogP contribution in [-0.2, 0) is 0 Å². The summed E-state index contributed by atoms with van der Waals surface area (Å²) in [7, 11) is 0. The maximum Gasteiger partial charge on any atom is 0.0642 e. The minimum atomic E-state index is 0.306. The summed E-state index contributed by atoms with van der Waals surface area (Å²) in [6.07, 6.45) is 3.78. The molecule has 3 heteroatoms. The molecule has 0 amide bonds. The Balaban J connectivity index is 2.09. The molecule has 0 unspecified atom stereocenters. The summed E-state index contributed by atoms with van der Waals surface area (Å²) in [6, 6.07) is 4.16. The summed E-state index contributed by atoms with van der Waals surface area (Å²) in [5.74, 6) is 0. The van der Waals surface area contributed by atoms with Crippen LogP contribution in [0.3, 0.4) is 0 Å². The van der Waals surface area contributed by atoms with E-state index < -0.39 is 0 Å². The molecule has 0 atom stereocenters. The maximum absolute atomic E-state index is 6.27. The van der Waals surface area contributed by atoms with E-state index in [1.807, 2.05) is 6.07 Å². The molecule has 1 aromatic carbocycles. The molecule has 1 fully saturated rings. The Kier molecular flexibility index (Phi) is 3.64. The number of halogens is 1. The van der Waals surface area contributed by atoms with E-state index in [0.717, 1.165) is 23.8 Å². The van der Waals surface area contributed by atoms with Crippen LogP contribution in [0.2, 0.25) is 5.02 Å².